The van der Waals surface area contributed by atoms with E-state index in [1.165, 1.54) is 11.3 Å². The Kier molecular flexibility index (Phi) is 4.58. The third-order valence-corrected chi connectivity index (χ3v) is 7.19. The molecule has 5 aromatic rings. The molecular formula is C23H21N7OS. The zero-order valence-electron chi connectivity index (χ0n) is 17.5. The van der Waals surface area contributed by atoms with E-state index in [9.17, 15) is 4.79 Å². The molecule has 1 aliphatic rings. The average molecular weight is 444 g/mol. The second kappa shape index (κ2) is 7.61. The number of nitrogens with one attached hydrogen (secondary N) is 3. The van der Waals surface area contributed by atoms with Crippen LogP contribution in [0.2, 0.25) is 0 Å². The number of hydrogen-bond acceptors (Lipinski definition) is 7. The first kappa shape index (κ1) is 19.3. The van der Waals surface area contributed by atoms with Crippen LogP contribution < -0.4 is 5.32 Å². The quantitative estimate of drug-likeness (QED) is 0.357. The number of thiophene rings is 1. The first-order valence-corrected chi connectivity index (χ1v) is 11.5. The number of carbonyl (C=O) groups is 1. The van der Waals surface area contributed by atoms with Crippen molar-refractivity contribution in [1.82, 2.24) is 35.5 Å². The Morgan fingerprint density at radius 3 is 2.66 bits per heavy atom. The SMILES string of the molecule is CC(=O)c1ccc(-c2nccc3[nH]c(-c4n[nH]c5ccc(C6CCNCC6)nc45)nc23)s1. The second-order valence-electron chi connectivity index (χ2n) is 8.09. The van der Waals surface area contributed by atoms with E-state index in [2.05, 4.69) is 37.6 Å². The molecule has 1 fully saturated rings. The molecule has 0 amide bonds. The van der Waals surface area contributed by atoms with Crippen LogP contribution in [0.25, 0.3) is 44.2 Å². The number of aromatic nitrogens is 6. The van der Waals surface area contributed by atoms with Crippen molar-refractivity contribution in [3.05, 3.63) is 47.1 Å². The first-order valence-electron chi connectivity index (χ1n) is 10.7. The molecule has 6 rings (SSSR count). The number of rotatable bonds is 4. The molecule has 1 aliphatic heterocycles. The smallest absolute Gasteiger partial charge is 0.169 e. The predicted molar refractivity (Wildman–Crippen MR) is 125 cm³/mol. The lowest BCUT2D eigenvalue weighted by molar-refractivity contribution is 0.102. The van der Waals surface area contributed by atoms with E-state index in [0.717, 1.165) is 64.3 Å². The third kappa shape index (κ3) is 3.21. The van der Waals surface area contributed by atoms with E-state index in [1.54, 1.807) is 13.1 Å². The van der Waals surface area contributed by atoms with Gasteiger partial charge in [-0.15, -0.1) is 11.3 Å². The maximum absolute atomic E-state index is 11.7. The minimum Gasteiger partial charge on any atom is -0.336 e. The molecule has 0 radical (unpaired) electrons. The molecule has 1 saturated heterocycles. The van der Waals surface area contributed by atoms with Gasteiger partial charge in [-0.3, -0.25) is 14.9 Å². The van der Waals surface area contributed by atoms with Crippen molar-refractivity contribution in [2.45, 2.75) is 25.7 Å². The molecule has 0 unspecified atom stereocenters. The summed E-state index contributed by atoms with van der Waals surface area (Å²) in [6.45, 7) is 3.62. The standard InChI is InChI=1S/C23H21N7OS/c1-12(31)17-4-5-18(32-17)21-19-15(8-11-25-21)27-23(28-19)22-20-16(29-30-22)3-2-14(26-20)13-6-9-24-10-7-13/h2-5,8,11,13,24H,6-7,9-10H2,1H3,(H,27,28)(H,29,30). The average Bonchev–Trinajstić information content (AvgIpc) is 3.56. The number of hydrogen-bond donors (Lipinski definition) is 3. The molecule has 0 spiro atoms. The second-order valence-corrected chi connectivity index (χ2v) is 9.17. The molecule has 6 heterocycles. The van der Waals surface area contributed by atoms with Crippen molar-refractivity contribution in [1.29, 1.82) is 0 Å². The van der Waals surface area contributed by atoms with Gasteiger partial charge in [0, 0.05) is 17.8 Å². The Hall–Kier alpha value is -3.43. The Morgan fingerprint density at radius 1 is 1.00 bits per heavy atom. The summed E-state index contributed by atoms with van der Waals surface area (Å²) in [4.78, 5) is 31.1. The van der Waals surface area contributed by atoms with E-state index in [4.69, 9.17) is 9.97 Å². The lowest BCUT2D eigenvalue weighted by Crippen LogP contribution is -2.27. The minimum absolute atomic E-state index is 0.0507. The van der Waals surface area contributed by atoms with Crippen molar-refractivity contribution in [3.63, 3.8) is 0 Å². The highest BCUT2D eigenvalue weighted by molar-refractivity contribution is 7.17. The fourth-order valence-electron chi connectivity index (χ4n) is 4.31. The van der Waals surface area contributed by atoms with Gasteiger partial charge < -0.3 is 10.3 Å². The molecule has 0 bridgehead atoms. The van der Waals surface area contributed by atoms with Gasteiger partial charge in [-0.05, 0) is 63.2 Å². The van der Waals surface area contributed by atoms with Crippen LogP contribution in [0.15, 0.2) is 36.5 Å². The summed E-state index contributed by atoms with van der Waals surface area (Å²) >= 11 is 1.43. The first-order chi connectivity index (χ1) is 15.7. The highest BCUT2D eigenvalue weighted by atomic mass is 32.1. The number of Topliss-reactive ketones (excluding diaryl/α,β-unsaturated/α-hetero) is 1. The van der Waals surface area contributed by atoms with Gasteiger partial charge >= 0.3 is 0 Å². The Bertz CT molecular complexity index is 1460. The van der Waals surface area contributed by atoms with E-state index in [0.29, 0.717) is 22.3 Å². The fraction of sp³-hybridized carbons (Fsp3) is 0.261. The number of nitrogens with zero attached hydrogens (tertiary/aromatic N) is 4. The van der Waals surface area contributed by atoms with Gasteiger partial charge in [-0.25, -0.2) is 9.97 Å². The maximum atomic E-state index is 11.7. The van der Waals surface area contributed by atoms with Crippen LogP contribution >= 0.6 is 11.3 Å². The Morgan fingerprint density at radius 2 is 1.84 bits per heavy atom. The van der Waals surface area contributed by atoms with E-state index < -0.39 is 0 Å². The van der Waals surface area contributed by atoms with Gasteiger partial charge in [-0.1, -0.05) is 0 Å². The predicted octanol–water partition coefficient (Wildman–Crippen LogP) is 4.29. The molecule has 3 N–H and O–H groups in total. The molecule has 5 aromatic heterocycles. The van der Waals surface area contributed by atoms with Gasteiger partial charge in [0.15, 0.2) is 17.3 Å². The molecule has 160 valence electrons. The molecule has 0 aromatic carbocycles. The molecule has 8 nitrogen and oxygen atoms in total. The van der Waals surface area contributed by atoms with Crippen LogP contribution in [-0.4, -0.2) is 49.0 Å². The minimum atomic E-state index is 0.0507. The van der Waals surface area contributed by atoms with Crippen LogP contribution in [-0.2, 0) is 0 Å². The molecule has 0 saturated carbocycles. The monoisotopic (exact) mass is 443 g/mol. The van der Waals surface area contributed by atoms with Crippen molar-refractivity contribution in [2.24, 2.45) is 0 Å². The van der Waals surface area contributed by atoms with Gasteiger partial charge in [0.25, 0.3) is 0 Å². The van der Waals surface area contributed by atoms with Crippen LogP contribution in [0.4, 0.5) is 0 Å². The van der Waals surface area contributed by atoms with Crippen LogP contribution in [0.1, 0.15) is 41.0 Å². The summed E-state index contributed by atoms with van der Waals surface area (Å²) in [6.07, 6.45) is 3.94. The lowest BCUT2D eigenvalue weighted by Gasteiger charge is -2.22. The van der Waals surface area contributed by atoms with Crippen LogP contribution in [0, 0.1) is 0 Å². The zero-order chi connectivity index (χ0) is 21.7. The summed E-state index contributed by atoms with van der Waals surface area (Å²) in [5, 5.41) is 11.0. The van der Waals surface area contributed by atoms with E-state index in [1.807, 2.05) is 18.2 Å². The van der Waals surface area contributed by atoms with Gasteiger partial charge in [-0.2, -0.15) is 5.10 Å². The van der Waals surface area contributed by atoms with E-state index in [-0.39, 0.29) is 5.78 Å². The van der Waals surface area contributed by atoms with Gasteiger partial charge in [0.1, 0.15) is 16.7 Å². The largest absolute Gasteiger partial charge is 0.336 e. The summed E-state index contributed by atoms with van der Waals surface area (Å²) in [6, 6.07) is 9.82. The third-order valence-electron chi connectivity index (χ3n) is 6.00. The molecule has 32 heavy (non-hydrogen) atoms. The Balaban J connectivity index is 1.44. The zero-order valence-corrected chi connectivity index (χ0v) is 18.3. The molecule has 9 heteroatoms. The number of imidazole rings is 1. The number of piperidine rings is 1. The summed E-state index contributed by atoms with van der Waals surface area (Å²) in [5.41, 5.74) is 5.90. The van der Waals surface area contributed by atoms with Crippen molar-refractivity contribution in [3.8, 4) is 22.1 Å². The van der Waals surface area contributed by atoms with E-state index >= 15 is 0 Å². The summed E-state index contributed by atoms with van der Waals surface area (Å²) in [7, 11) is 0. The number of aromatic amines is 2. The number of pyridine rings is 2. The van der Waals surface area contributed by atoms with Crippen LogP contribution in [0.3, 0.4) is 0 Å². The molecular weight excluding hydrogens is 422 g/mol. The number of H-pyrrole nitrogens is 2. The van der Waals surface area contributed by atoms with Gasteiger partial charge in [0.2, 0.25) is 0 Å². The number of fused-ring (bicyclic) bond motifs is 2. The maximum Gasteiger partial charge on any atom is 0.169 e. The van der Waals surface area contributed by atoms with Crippen molar-refractivity contribution in [2.75, 3.05) is 13.1 Å². The fourth-order valence-corrected chi connectivity index (χ4v) is 5.21. The van der Waals surface area contributed by atoms with Gasteiger partial charge in [0.05, 0.1) is 20.8 Å². The summed E-state index contributed by atoms with van der Waals surface area (Å²) in [5.74, 6) is 1.16. The highest BCUT2D eigenvalue weighted by Crippen LogP contribution is 2.34. The molecule has 0 atom stereocenters. The lowest BCUT2D eigenvalue weighted by atomic mass is 9.94. The number of carbonyl (C=O) groups excluding carboxylic acids is 1. The normalized spacial score (nSPS) is 15.0. The Labute approximate surface area is 187 Å². The molecule has 0 aliphatic carbocycles. The highest BCUT2D eigenvalue weighted by Gasteiger charge is 2.21. The summed E-state index contributed by atoms with van der Waals surface area (Å²) < 4.78 is 0. The topological polar surface area (TPSA) is 112 Å². The number of ketones is 1. The van der Waals surface area contributed by atoms with Crippen molar-refractivity contribution < 1.29 is 4.79 Å². The van der Waals surface area contributed by atoms with Crippen molar-refractivity contribution >= 4 is 39.2 Å². The van der Waals surface area contributed by atoms with Crippen LogP contribution in [0.5, 0.6) is 0 Å².